The number of fused-ring (bicyclic) bond motifs is 3. The van der Waals surface area contributed by atoms with Gasteiger partial charge in [-0.25, -0.2) is 4.79 Å². The number of carboxylic acid groups (broad SMARTS) is 1. The molecule has 1 aliphatic rings. The lowest BCUT2D eigenvalue weighted by molar-refractivity contribution is -0.150. The maximum Gasteiger partial charge on any atom is 0.407 e. The van der Waals surface area contributed by atoms with Crippen LogP contribution in [-0.4, -0.2) is 41.8 Å². The van der Waals surface area contributed by atoms with Crippen molar-refractivity contribution in [3.63, 3.8) is 0 Å². The van der Waals surface area contributed by atoms with E-state index >= 15 is 0 Å². The maximum atomic E-state index is 13.0. The SMILES string of the molecule is C#CCC(NC(=O)OCC1c2ccccc2-c2ccccc21)C(=O)NC(C(C)C)C(C)(C)C(=O)O. The van der Waals surface area contributed by atoms with E-state index in [0.717, 1.165) is 22.3 Å². The Morgan fingerprint density at radius 3 is 2.06 bits per heavy atom. The van der Waals surface area contributed by atoms with Crippen molar-refractivity contribution >= 4 is 18.0 Å². The van der Waals surface area contributed by atoms with Gasteiger partial charge < -0.3 is 20.5 Å². The minimum atomic E-state index is -1.21. The van der Waals surface area contributed by atoms with Crippen LogP contribution in [0.3, 0.4) is 0 Å². The number of ether oxygens (including phenoxy) is 1. The van der Waals surface area contributed by atoms with Crippen LogP contribution in [0.25, 0.3) is 11.1 Å². The fourth-order valence-corrected chi connectivity index (χ4v) is 4.68. The third kappa shape index (κ3) is 5.48. The molecule has 0 aliphatic heterocycles. The monoisotopic (exact) mass is 476 g/mol. The Morgan fingerprint density at radius 1 is 1.03 bits per heavy atom. The summed E-state index contributed by atoms with van der Waals surface area (Å²) in [6.07, 6.45) is 4.61. The van der Waals surface area contributed by atoms with Crippen molar-refractivity contribution in [3.05, 3.63) is 59.7 Å². The number of carbonyl (C=O) groups is 3. The number of aliphatic carboxylic acids is 1. The highest BCUT2D eigenvalue weighted by Crippen LogP contribution is 2.44. The van der Waals surface area contributed by atoms with Crippen molar-refractivity contribution in [2.24, 2.45) is 11.3 Å². The molecular formula is C28H32N2O5. The Labute approximate surface area is 206 Å². The average molecular weight is 477 g/mol. The Hall–Kier alpha value is -3.79. The second-order valence-electron chi connectivity index (χ2n) is 9.69. The van der Waals surface area contributed by atoms with Gasteiger partial charge in [-0.15, -0.1) is 12.3 Å². The van der Waals surface area contributed by atoms with Crippen LogP contribution in [0.2, 0.25) is 0 Å². The number of carbonyl (C=O) groups excluding carboxylic acids is 2. The van der Waals surface area contributed by atoms with E-state index in [1.54, 1.807) is 13.8 Å². The quantitative estimate of drug-likeness (QED) is 0.471. The molecular weight excluding hydrogens is 444 g/mol. The van der Waals surface area contributed by atoms with Crippen LogP contribution in [0.1, 0.15) is 51.2 Å². The summed E-state index contributed by atoms with van der Waals surface area (Å²) >= 11 is 0. The zero-order valence-corrected chi connectivity index (χ0v) is 20.5. The molecule has 184 valence electrons. The number of amides is 2. The first-order valence-electron chi connectivity index (χ1n) is 11.7. The molecule has 2 unspecified atom stereocenters. The van der Waals surface area contributed by atoms with Gasteiger partial charge in [-0.05, 0) is 42.0 Å². The summed E-state index contributed by atoms with van der Waals surface area (Å²) in [5.41, 5.74) is 3.17. The molecule has 0 fully saturated rings. The second-order valence-corrected chi connectivity index (χ2v) is 9.69. The highest BCUT2D eigenvalue weighted by molar-refractivity contribution is 5.87. The van der Waals surface area contributed by atoms with E-state index < -0.39 is 35.5 Å². The second kappa shape index (κ2) is 10.6. The molecule has 0 aromatic heterocycles. The lowest BCUT2D eigenvalue weighted by Gasteiger charge is -2.35. The Morgan fingerprint density at radius 2 is 1.57 bits per heavy atom. The van der Waals surface area contributed by atoms with E-state index in [4.69, 9.17) is 11.2 Å². The van der Waals surface area contributed by atoms with E-state index in [9.17, 15) is 19.5 Å². The first kappa shape index (κ1) is 25.8. The van der Waals surface area contributed by atoms with Gasteiger partial charge in [-0.1, -0.05) is 62.4 Å². The summed E-state index contributed by atoms with van der Waals surface area (Å²) in [6.45, 7) is 6.85. The van der Waals surface area contributed by atoms with Crippen molar-refractivity contribution in [1.29, 1.82) is 0 Å². The topological polar surface area (TPSA) is 105 Å². The molecule has 0 radical (unpaired) electrons. The van der Waals surface area contributed by atoms with Crippen LogP contribution in [0, 0.1) is 23.7 Å². The van der Waals surface area contributed by atoms with Crippen molar-refractivity contribution in [2.75, 3.05) is 6.61 Å². The van der Waals surface area contributed by atoms with Gasteiger partial charge >= 0.3 is 12.1 Å². The van der Waals surface area contributed by atoms with Crippen LogP contribution in [0.5, 0.6) is 0 Å². The smallest absolute Gasteiger partial charge is 0.407 e. The standard InChI is InChI=1S/C28H32N2O5/c1-6-11-23(25(31)30-24(17(2)3)28(4,5)26(32)33)29-27(34)35-16-22-20-14-9-7-12-18(20)19-13-8-10-15-21(19)22/h1,7-10,12-15,17,22-24H,11,16H2,2-5H3,(H,29,34)(H,30,31)(H,32,33). The highest BCUT2D eigenvalue weighted by atomic mass is 16.5. The Balaban J connectivity index is 1.68. The van der Waals surface area contributed by atoms with Gasteiger partial charge in [-0.3, -0.25) is 9.59 Å². The van der Waals surface area contributed by atoms with Crippen LogP contribution >= 0.6 is 0 Å². The molecule has 7 nitrogen and oxygen atoms in total. The van der Waals surface area contributed by atoms with Gasteiger partial charge in [0, 0.05) is 18.4 Å². The summed E-state index contributed by atoms with van der Waals surface area (Å²) in [6, 6.07) is 14.3. The predicted octanol–water partition coefficient (Wildman–Crippen LogP) is 4.17. The molecule has 2 amide bonds. The van der Waals surface area contributed by atoms with Gasteiger partial charge in [0.2, 0.25) is 5.91 Å². The predicted molar refractivity (Wildman–Crippen MR) is 134 cm³/mol. The maximum absolute atomic E-state index is 13.0. The van der Waals surface area contributed by atoms with Crippen molar-refractivity contribution < 1.29 is 24.2 Å². The number of nitrogens with one attached hydrogen (secondary N) is 2. The van der Waals surface area contributed by atoms with E-state index in [1.165, 1.54) is 0 Å². The van der Waals surface area contributed by atoms with E-state index in [-0.39, 0.29) is 24.9 Å². The van der Waals surface area contributed by atoms with E-state index in [1.807, 2.05) is 62.4 Å². The van der Waals surface area contributed by atoms with Crippen LogP contribution < -0.4 is 10.6 Å². The first-order valence-corrected chi connectivity index (χ1v) is 11.7. The molecule has 2 aromatic carbocycles. The number of hydrogen-bond acceptors (Lipinski definition) is 4. The average Bonchev–Trinajstić information content (AvgIpc) is 3.14. The number of terminal acetylenes is 1. The summed E-state index contributed by atoms with van der Waals surface area (Å²) in [4.78, 5) is 37.4. The van der Waals surface area contributed by atoms with E-state index in [2.05, 4.69) is 16.6 Å². The van der Waals surface area contributed by atoms with Gasteiger partial charge in [0.1, 0.15) is 12.6 Å². The molecule has 1 aliphatic carbocycles. The molecule has 3 rings (SSSR count). The van der Waals surface area contributed by atoms with Crippen molar-refractivity contribution in [3.8, 4) is 23.5 Å². The third-order valence-corrected chi connectivity index (χ3v) is 6.57. The largest absolute Gasteiger partial charge is 0.481 e. The number of hydrogen-bond donors (Lipinski definition) is 3. The molecule has 0 bridgehead atoms. The molecule has 2 atom stereocenters. The molecule has 7 heteroatoms. The fraction of sp³-hybridized carbons (Fsp3) is 0.393. The summed E-state index contributed by atoms with van der Waals surface area (Å²) in [5, 5.41) is 14.9. The highest BCUT2D eigenvalue weighted by Gasteiger charge is 2.40. The Bertz CT molecular complexity index is 1100. The van der Waals surface area contributed by atoms with E-state index in [0.29, 0.717) is 0 Å². The van der Waals surface area contributed by atoms with Gasteiger partial charge in [0.25, 0.3) is 0 Å². The summed E-state index contributed by atoms with van der Waals surface area (Å²) < 4.78 is 5.53. The first-order chi connectivity index (χ1) is 16.6. The van der Waals surface area contributed by atoms with Crippen LogP contribution in [0.15, 0.2) is 48.5 Å². The molecule has 0 spiro atoms. The zero-order chi connectivity index (χ0) is 25.8. The normalized spacial score (nSPS) is 14.3. The van der Waals surface area contributed by atoms with Gasteiger partial charge in [0.05, 0.1) is 5.41 Å². The molecule has 2 aromatic rings. The minimum absolute atomic E-state index is 0.0612. The van der Waals surface area contributed by atoms with Gasteiger partial charge in [0.15, 0.2) is 0 Å². The fourth-order valence-electron chi connectivity index (χ4n) is 4.68. The molecule has 3 N–H and O–H groups in total. The van der Waals surface area contributed by atoms with Gasteiger partial charge in [-0.2, -0.15) is 0 Å². The third-order valence-electron chi connectivity index (χ3n) is 6.57. The molecule has 0 heterocycles. The number of carboxylic acids is 1. The molecule has 0 saturated heterocycles. The van der Waals surface area contributed by atoms with Crippen molar-refractivity contribution in [1.82, 2.24) is 10.6 Å². The zero-order valence-electron chi connectivity index (χ0n) is 20.5. The lowest BCUT2D eigenvalue weighted by atomic mass is 9.78. The van der Waals surface area contributed by atoms with Crippen molar-refractivity contribution in [2.45, 2.75) is 52.1 Å². The summed E-state index contributed by atoms with van der Waals surface area (Å²) in [7, 11) is 0. The number of rotatable bonds is 9. The van der Waals surface area contributed by atoms with Crippen LogP contribution in [-0.2, 0) is 14.3 Å². The minimum Gasteiger partial charge on any atom is -0.481 e. The van der Waals surface area contributed by atoms with Crippen LogP contribution in [0.4, 0.5) is 4.79 Å². The Kier molecular flexibility index (Phi) is 7.85. The molecule has 0 saturated carbocycles. The summed E-state index contributed by atoms with van der Waals surface area (Å²) in [5.74, 6) is 0.532. The number of benzene rings is 2. The lowest BCUT2D eigenvalue weighted by Crippen LogP contribution is -2.56. The number of alkyl carbamates (subject to hydrolysis) is 1. The molecule has 35 heavy (non-hydrogen) atoms.